The Morgan fingerprint density at radius 1 is 2.00 bits per heavy atom. The molecule has 0 atom stereocenters. The highest BCUT2D eigenvalue weighted by Crippen LogP contribution is 1.92. The lowest BCUT2D eigenvalue weighted by Gasteiger charge is -1.68. The molecule has 2 heteroatoms. The van der Waals surface area contributed by atoms with Gasteiger partial charge in [0.25, 0.3) is 0 Å². The van der Waals surface area contributed by atoms with Gasteiger partial charge in [0.1, 0.15) is 0 Å². The van der Waals surface area contributed by atoms with E-state index in [1.54, 1.807) is 0 Å². The predicted octanol–water partition coefficient (Wildman–Crippen LogP) is 1.09. The van der Waals surface area contributed by atoms with Crippen molar-refractivity contribution in [3.8, 4) is 0 Å². The predicted molar refractivity (Wildman–Crippen MR) is 24.1 cm³/mol. The topological polar surface area (TPSA) is 30.2 Å². The van der Waals surface area contributed by atoms with Gasteiger partial charge in [-0.15, -0.1) is 0 Å². The molecule has 0 aliphatic rings. The fourth-order valence-electron chi connectivity index (χ4n) is 0.319. The van der Waals surface area contributed by atoms with E-state index in [1.807, 2.05) is 0 Å². The summed E-state index contributed by atoms with van der Waals surface area (Å²) < 4.78 is 11.5. The maximum atomic E-state index is 9.87. The van der Waals surface area contributed by atoms with E-state index in [0.717, 1.165) is 0 Å². The highest BCUT2D eigenvalue weighted by Gasteiger charge is 1.84. The van der Waals surface area contributed by atoms with Crippen LogP contribution in [0.1, 0.15) is 11.9 Å². The smallest absolute Gasteiger partial charge is 0.185 e. The molecular weight excluding hydrogens is 92.1 g/mol. The normalized spacial score (nSPS) is 10.6. The van der Waals surface area contributed by atoms with Crippen molar-refractivity contribution in [2.45, 2.75) is 0 Å². The van der Waals surface area contributed by atoms with Crippen LogP contribution in [-0.2, 0) is 0 Å². The van der Waals surface area contributed by atoms with Crippen LogP contribution in [0.2, 0.25) is 0 Å². The first-order chi connectivity index (χ1) is 3.84. The third kappa shape index (κ3) is 0.682. The van der Waals surface area contributed by atoms with E-state index in [1.165, 1.54) is 12.3 Å². The Hall–Kier alpha value is -1.05. The van der Waals surface area contributed by atoms with Crippen LogP contribution in [0.3, 0.4) is 0 Å². The summed E-state index contributed by atoms with van der Waals surface area (Å²) in [4.78, 5) is 9.87. The quantitative estimate of drug-likeness (QED) is 0.491. The molecule has 0 aliphatic heterocycles. The molecular formula is C5H4O2. The summed E-state index contributed by atoms with van der Waals surface area (Å²) in [5, 5.41) is 0. The average molecular weight is 97.1 g/mol. The van der Waals surface area contributed by atoms with Gasteiger partial charge in [-0.3, -0.25) is 4.79 Å². The van der Waals surface area contributed by atoms with Crippen molar-refractivity contribution >= 4 is 6.29 Å². The van der Waals surface area contributed by atoms with E-state index >= 15 is 0 Å². The number of carbonyl (C=O) groups excluding carboxylic acids is 1. The third-order valence-corrected chi connectivity index (χ3v) is 0.596. The van der Waals surface area contributed by atoms with Gasteiger partial charge < -0.3 is 4.42 Å². The van der Waals surface area contributed by atoms with Crippen LogP contribution in [0.5, 0.6) is 0 Å². The van der Waals surface area contributed by atoms with Crippen molar-refractivity contribution in [1.82, 2.24) is 0 Å². The number of aldehydes is 1. The van der Waals surface area contributed by atoms with Gasteiger partial charge in [0.05, 0.1) is 7.63 Å². The molecule has 2 nitrogen and oxygen atoms in total. The lowest BCUT2D eigenvalue weighted by molar-refractivity contribution is 0.110. The lowest BCUT2D eigenvalue weighted by atomic mass is 10.5. The number of carbonyl (C=O) groups is 1. The van der Waals surface area contributed by atoms with Crippen LogP contribution >= 0.6 is 0 Å². The average Bonchev–Trinajstić information content (AvgIpc) is 2.14. The molecule has 0 amide bonds. The summed E-state index contributed by atoms with van der Waals surface area (Å²) in [5.74, 6) is 0.0880. The monoisotopic (exact) mass is 97.0 g/mol. The largest absolute Gasteiger partial charge is 0.462 e. The minimum absolute atomic E-state index is 0.0880. The molecule has 1 rings (SSSR count). The molecule has 0 spiro atoms. The fraction of sp³-hybridized carbons (Fsp3) is 0. The third-order valence-electron chi connectivity index (χ3n) is 0.596. The van der Waals surface area contributed by atoms with Crippen LogP contribution in [0.25, 0.3) is 0 Å². The summed E-state index contributed by atoms with van der Waals surface area (Å²) in [6, 6.07) is 1.56. The van der Waals surface area contributed by atoms with Crippen molar-refractivity contribution < 1.29 is 10.6 Å². The Bertz CT molecular complexity index is 192. The molecule has 0 saturated heterocycles. The Morgan fingerprint density at radius 3 is 3.14 bits per heavy atom. The van der Waals surface area contributed by atoms with Gasteiger partial charge in [-0.25, -0.2) is 0 Å². The molecule has 36 valence electrons. The summed E-state index contributed by atoms with van der Waals surface area (Å²) in [7, 11) is 0. The highest BCUT2D eigenvalue weighted by molar-refractivity contribution is 5.69. The first-order valence-electron chi connectivity index (χ1n) is 2.34. The van der Waals surface area contributed by atoms with Crippen LogP contribution in [-0.4, -0.2) is 6.29 Å². The maximum absolute atomic E-state index is 9.87. The van der Waals surface area contributed by atoms with E-state index in [0.29, 0.717) is 6.29 Å². The number of hydrogen-bond acceptors (Lipinski definition) is 2. The molecule has 1 aromatic rings. The van der Waals surface area contributed by atoms with Crippen LogP contribution < -0.4 is 0 Å². The van der Waals surface area contributed by atoms with Gasteiger partial charge >= 0.3 is 0 Å². The SMILES string of the molecule is [2H]c1ccoc1C=O. The zero-order chi connectivity index (χ0) is 5.98. The molecule has 0 saturated carbocycles. The van der Waals surface area contributed by atoms with Gasteiger partial charge in [0, 0.05) is 0 Å². The highest BCUT2D eigenvalue weighted by atomic mass is 16.3. The summed E-state index contributed by atoms with van der Waals surface area (Å²) in [6.07, 6.45) is 1.83. The first kappa shape index (κ1) is 3.02. The van der Waals surface area contributed by atoms with Crippen LogP contribution in [0, 0.1) is 0 Å². The number of hydrogen-bond donors (Lipinski definition) is 0. The molecule has 7 heavy (non-hydrogen) atoms. The molecule has 0 unspecified atom stereocenters. The van der Waals surface area contributed by atoms with E-state index < -0.39 is 0 Å². The van der Waals surface area contributed by atoms with Gasteiger partial charge in [-0.05, 0) is 12.1 Å². The number of rotatable bonds is 1. The van der Waals surface area contributed by atoms with Crippen LogP contribution in [0.4, 0.5) is 0 Å². The van der Waals surface area contributed by atoms with Crippen molar-refractivity contribution in [3.63, 3.8) is 0 Å². The van der Waals surface area contributed by atoms with Crippen molar-refractivity contribution in [1.29, 1.82) is 0 Å². The molecule has 1 aromatic heterocycles. The molecule has 0 aliphatic carbocycles. The van der Waals surface area contributed by atoms with Gasteiger partial charge in [0.2, 0.25) is 0 Å². The summed E-state index contributed by atoms with van der Waals surface area (Å²) >= 11 is 0. The van der Waals surface area contributed by atoms with Gasteiger partial charge in [-0.2, -0.15) is 0 Å². The second kappa shape index (κ2) is 1.60. The Balaban J connectivity index is 3.09. The Morgan fingerprint density at radius 2 is 2.86 bits per heavy atom. The van der Waals surface area contributed by atoms with Crippen LogP contribution in [0.15, 0.2) is 22.8 Å². The number of furan rings is 1. The molecule has 1 heterocycles. The van der Waals surface area contributed by atoms with E-state index in [9.17, 15) is 4.79 Å². The molecule has 0 N–H and O–H groups in total. The van der Waals surface area contributed by atoms with E-state index in [2.05, 4.69) is 4.42 Å². The standard InChI is InChI=1S/C5H4O2/c6-4-5-2-1-3-7-5/h1-4H/i2D. The van der Waals surface area contributed by atoms with Gasteiger partial charge in [0.15, 0.2) is 12.0 Å². The molecule has 0 bridgehead atoms. The van der Waals surface area contributed by atoms with Crippen molar-refractivity contribution in [2.75, 3.05) is 0 Å². The molecule has 0 fully saturated rings. The van der Waals surface area contributed by atoms with Crippen molar-refractivity contribution in [2.24, 2.45) is 0 Å². The van der Waals surface area contributed by atoms with Gasteiger partial charge in [-0.1, -0.05) is 0 Å². The zero-order valence-electron chi connectivity index (χ0n) is 4.55. The summed E-state index contributed by atoms with van der Waals surface area (Å²) in [6.45, 7) is 0. The maximum Gasteiger partial charge on any atom is 0.185 e. The van der Waals surface area contributed by atoms with Crippen molar-refractivity contribution in [3.05, 3.63) is 24.1 Å². The minimum Gasteiger partial charge on any atom is -0.462 e. The van der Waals surface area contributed by atoms with E-state index in [-0.39, 0.29) is 11.8 Å². The minimum atomic E-state index is 0.0880. The summed E-state index contributed by atoms with van der Waals surface area (Å²) in [5.41, 5.74) is 0. The second-order valence-corrected chi connectivity index (χ2v) is 1.05. The lowest BCUT2D eigenvalue weighted by Crippen LogP contribution is -1.65. The fourth-order valence-corrected chi connectivity index (χ4v) is 0.319. The zero-order valence-corrected chi connectivity index (χ0v) is 3.55. The second-order valence-electron chi connectivity index (χ2n) is 1.05. The Kier molecular flexibility index (Phi) is 0.689. The molecule has 0 aromatic carbocycles. The first-order valence-corrected chi connectivity index (χ1v) is 1.84. The van der Waals surface area contributed by atoms with E-state index in [4.69, 9.17) is 1.37 Å². The molecule has 0 radical (unpaired) electrons. The Labute approximate surface area is 42.2 Å².